The largest absolute Gasteiger partial charge is 0.368 e. The van der Waals surface area contributed by atoms with Gasteiger partial charge in [0.1, 0.15) is 0 Å². The van der Waals surface area contributed by atoms with E-state index in [9.17, 15) is 9.59 Å². The van der Waals surface area contributed by atoms with E-state index in [1.807, 2.05) is 18.7 Å². The van der Waals surface area contributed by atoms with E-state index in [0.717, 1.165) is 45.4 Å². The zero-order chi connectivity index (χ0) is 16.0. The molecule has 1 spiro atoms. The molecule has 140 valence electrons. The Morgan fingerprint density at radius 3 is 2.12 bits per heavy atom. The zero-order valence-corrected chi connectivity index (χ0v) is 16.2. The molecule has 2 heterocycles. The highest BCUT2D eigenvalue weighted by Gasteiger charge is 2.58. The molecule has 0 aromatic heterocycles. The van der Waals surface area contributed by atoms with Crippen molar-refractivity contribution in [1.82, 2.24) is 15.1 Å². The fourth-order valence-electron chi connectivity index (χ4n) is 4.04. The fraction of sp³-hybridized carbons (Fsp3) is 0.875. The average Bonchev–Trinajstić information content (AvgIpc) is 3.20. The van der Waals surface area contributed by atoms with Gasteiger partial charge in [0.25, 0.3) is 0 Å². The van der Waals surface area contributed by atoms with Gasteiger partial charge < -0.3 is 16.0 Å². The summed E-state index contributed by atoms with van der Waals surface area (Å²) in [6.07, 6.45) is 3.34. The summed E-state index contributed by atoms with van der Waals surface area (Å²) in [7, 11) is 0. The third kappa shape index (κ3) is 3.82. The summed E-state index contributed by atoms with van der Waals surface area (Å²) in [4.78, 5) is 28.4. The first-order valence-corrected chi connectivity index (χ1v) is 8.41. The predicted molar refractivity (Wildman–Crippen MR) is 98.6 cm³/mol. The van der Waals surface area contributed by atoms with Gasteiger partial charge in [0.15, 0.2) is 0 Å². The highest BCUT2D eigenvalue weighted by Crippen LogP contribution is 2.59. The second kappa shape index (κ2) is 7.77. The molecule has 3 rings (SSSR count). The maximum atomic E-state index is 12.7. The second-order valence-electron chi connectivity index (χ2n) is 7.60. The van der Waals surface area contributed by atoms with E-state index in [1.165, 1.54) is 0 Å². The van der Waals surface area contributed by atoms with Gasteiger partial charge in [-0.15, -0.1) is 24.8 Å². The number of nitrogens with two attached hydrogens (primary N) is 1. The van der Waals surface area contributed by atoms with Crippen LogP contribution < -0.4 is 11.1 Å². The van der Waals surface area contributed by atoms with Crippen LogP contribution in [0.2, 0.25) is 0 Å². The number of primary amides is 1. The predicted octanol–water partition coefficient (Wildman–Crippen LogP) is 0.628. The van der Waals surface area contributed by atoms with E-state index in [4.69, 9.17) is 5.73 Å². The second-order valence-corrected chi connectivity index (χ2v) is 7.60. The Morgan fingerprint density at radius 2 is 1.62 bits per heavy atom. The van der Waals surface area contributed by atoms with Crippen LogP contribution in [0.25, 0.3) is 0 Å². The van der Waals surface area contributed by atoms with Crippen LogP contribution in [0.3, 0.4) is 0 Å². The summed E-state index contributed by atoms with van der Waals surface area (Å²) in [6, 6.07) is 0. The van der Waals surface area contributed by atoms with Crippen molar-refractivity contribution in [1.29, 1.82) is 0 Å². The van der Waals surface area contributed by atoms with E-state index in [1.54, 1.807) is 0 Å². The molecule has 1 atom stereocenters. The van der Waals surface area contributed by atoms with E-state index in [2.05, 4.69) is 10.2 Å². The quantitative estimate of drug-likeness (QED) is 0.752. The molecular weight excluding hydrogens is 351 g/mol. The minimum absolute atomic E-state index is 0. The fourth-order valence-corrected chi connectivity index (χ4v) is 4.04. The first-order chi connectivity index (χ1) is 10.4. The standard InChI is InChI=1S/C16H28N4O2.2ClH/c1-15(2,14(17)22)20-9-7-19(8-10-20)13(21)12-11-16(12)3-5-18-6-4-16;;/h12,18H,3-11H2,1-2H3,(H2,17,22);2*1H. The molecule has 0 bridgehead atoms. The van der Waals surface area contributed by atoms with E-state index >= 15 is 0 Å². The minimum atomic E-state index is -0.634. The number of halogens is 2. The highest BCUT2D eigenvalue weighted by atomic mass is 35.5. The third-order valence-corrected chi connectivity index (χ3v) is 6.07. The van der Waals surface area contributed by atoms with Gasteiger partial charge >= 0.3 is 0 Å². The van der Waals surface area contributed by atoms with Crippen molar-refractivity contribution in [2.24, 2.45) is 17.1 Å². The van der Waals surface area contributed by atoms with Gasteiger partial charge in [-0.2, -0.15) is 0 Å². The molecule has 3 fully saturated rings. The molecule has 2 aliphatic heterocycles. The van der Waals surface area contributed by atoms with Crippen molar-refractivity contribution in [3.63, 3.8) is 0 Å². The Hall–Kier alpha value is -0.560. The van der Waals surface area contributed by atoms with Crippen molar-refractivity contribution >= 4 is 36.6 Å². The van der Waals surface area contributed by atoms with Crippen molar-refractivity contribution in [2.75, 3.05) is 39.3 Å². The third-order valence-electron chi connectivity index (χ3n) is 6.07. The average molecular weight is 381 g/mol. The summed E-state index contributed by atoms with van der Waals surface area (Å²) in [5.74, 6) is 0.270. The number of piperidine rings is 1. The number of amides is 2. The molecule has 1 saturated carbocycles. The lowest BCUT2D eigenvalue weighted by Crippen LogP contribution is -2.60. The molecular formula is C16H30Cl2N4O2. The molecule has 3 N–H and O–H groups in total. The number of hydrogen-bond acceptors (Lipinski definition) is 4. The van der Waals surface area contributed by atoms with Crippen LogP contribution in [0.4, 0.5) is 0 Å². The summed E-state index contributed by atoms with van der Waals surface area (Å²) >= 11 is 0. The van der Waals surface area contributed by atoms with Crippen molar-refractivity contribution in [3.8, 4) is 0 Å². The molecule has 2 amide bonds. The van der Waals surface area contributed by atoms with E-state index < -0.39 is 5.54 Å². The Labute approximate surface area is 156 Å². The van der Waals surface area contributed by atoms with Crippen LogP contribution in [0.5, 0.6) is 0 Å². The summed E-state index contributed by atoms with van der Waals surface area (Å²) in [6.45, 7) is 8.68. The van der Waals surface area contributed by atoms with Crippen LogP contribution >= 0.6 is 24.8 Å². The molecule has 1 unspecified atom stereocenters. The molecule has 1 aliphatic carbocycles. The molecule has 0 aromatic rings. The summed E-state index contributed by atoms with van der Waals surface area (Å²) < 4.78 is 0. The van der Waals surface area contributed by atoms with Gasteiger partial charge in [-0.1, -0.05) is 0 Å². The number of rotatable bonds is 3. The zero-order valence-electron chi connectivity index (χ0n) is 14.5. The maximum Gasteiger partial charge on any atom is 0.237 e. The Bertz CT molecular complexity index is 473. The molecule has 24 heavy (non-hydrogen) atoms. The lowest BCUT2D eigenvalue weighted by atomic mass is 9.91. The van der Waals surface area contributed by atoms with Gasteiger partial charge in [0.05, 0.1) is 5.54 Å². The lowest BCUT2D eigenvalue weighted by Gasteiger charge is -2.42. The normalized spacial score (nSPS) is 26.2. The van der Waals surface area contributed by atoms with Crippen LogP contribution in [0.1, 0.15) is 33.1 Å². The van der Waals surface area contributed by atoms with Crippen LogP contribution in [-0.4, -0.2) is 66.4 Å². The van der Waals surface area contributed by atoms with Crippen molar-refractivity contribution in [3.05, 3.63) is 0 Å². The van der Waals surface area contributed by atoms with Gasteiger partial charge in [-0.3, -0.25) is 14.5 Å². The maximum absolute atomic E-state index is 12.7. The number of hydrogen-bond donors (Lipinski definition) is 2. The number of piperazine rings is 1. The highest BCUT2D eigenvalue weighted by molar-refractivity contribution is 5.86. The van der Waals surface area contributed by atoms with E-state index in [0.29, 0.717) is 24.4 Å². The van der Waals surface area contributed by atoms with Gasteiger partial charge in [0, 0.05) is 32.1 Å². The SMILES string of the molecule is CC(C)(C(N)=O)N1CCN(C(=O)C2CC23CCNCC3)CC1.Cl.Cl. The van der Waals surface area contributed by atoms with Crippen molar-refractivity contribution in [2.45, 2.75) is 38.6 Å². The molecule has 6 nitrogen and oxygen atoms in total. The van der Waals surface area contributed by atoms with Gasteiger partial charge in [0.2, 0.25) is 11.8 Å². The van der Waals surface area contributed by atoms with E-state index in [-0.39, 0.29) is 36.6 Å². The molecule has 8 heteroatoms. The van der Waals surface area contributed by atoms with Crippen LogP contribution in [0.15, 0.2) is 0 Å². The minimum Gasteiger partial charge on any atom is -0.368 e. The number of nitrogens with one attached hydrogen (secondary N) is 1. The van der Waals surface area contributed by atoms with Gasteiger partial charge in [-0.25, -0.2) is 0 Å². The Kier molecular flexibility index (Phi) is 6.95. The number of nitrogens with zero attached hydrogens (tertiary/aromatic N) is 2. The lowest BCUT2D eigenvalue weighted by molar-refractivity contribution is -0.138. The number of carbonyl (C=O) groups excluding carboxylic acids is 2. The topological polar surface area (TPSA) is 78.7 Å². The first-order valence-electron chi connectivity index (χ1n) is 8.41. The molecule has 0 radical (unpaired) electrons. The molecule has 0 aromatic carbocycles. The smallest absolute Gasteiger partial charge is 0.237 e. The Balaban J connectivity index is 0.00000144. The number of carbonyl (C=O) groups is 2. The summed E-state index contributed by atoms with van der Waals surface area (Å²) in [5, 5.41) is 3.38. The monoisotopic (exact) mass is 380 g/mol. The van der Waals surface area contributed by atoms with Crippen LogP contribution in [-0.2, 0) is 9.59 Å². The Morgan fingerprint density at radius 1 is 1.08 bits per heavy atom. The molecule has 2 saturated heterocycles. The van der Waals surface area contributed by atoms with Crippen LogP contribution in [0, 0.1) is 11.3 Å². The van der Waals surface area contributed by atoms with Crippen molar-refractivity contribution < 1.29 is 9.59 Å². The molecule has 3 aliphatic rings. The van der Waals surface area contributed by atoms with Gasteiger partial charge in [-0.05, 0) is 51.6 Å². The first kappa shape index (κ1) is 21.5. The summed E-state index contributed by atoms with van der Waals surface area (Å²) in [5.41, 5.74) is 5.14.